The number of methoxy groups -OCH3 is 1. The maximum Gasteiger partial charge on any atom is 0.120 e. The van der Waals surface area contributed by atoms with Gasteiger partial charge >= 0.3 is 0 Å². The first-order valence-corrected chi connectivity index (χ1v) is 6.24. The van der Waals surface area contributed by atoms with Crippen LogP contribution in [0.1, 0.15) is 5.56 Å². The van der Waals surface area contributed by atoms with Crippen LogP contribution < -0.4 is 4.74 Å². The van der Waals surface area contributed by atoms with Gasteiger partial charge in [0, 0.05) is 26.8 Å². The minimum atomic E-state index is 0.876. The molecule has 0 amide bonds. The number of hydrogen-bond donors (Lipinski definition) is 1. The summed E-state index contributed by atoms with van der Waals surface area (Å²) in [4.78, 5) is 3.42. The Morgan fingerprint density at radius 2 is 1.94 bits per heavy atom. The fraction of sp³-hybridized carbons (Fsp3) is 0.143. The summed E-state index contributed by atoms with van der Waals surface area (Å²) in [6.07, 6.45) is 0. The van der Waals surface area contributed by atoms with E-state index in [4.69, 9.17) is 4.74 Å². The smallest absolute Gasteiger partial charge is 0.120 e. The molecule has 0 aliphatic rings. The van der Waals surface area contributed by atoms with Gasteiger partial charge in [0.1, 0.15) is 5.75 Å². The fourth-order valence-corrected chi connectivity index (χ4v) is 2.89. The molecule has 0 aliphatic carbocycles. The molecule has 2 aromatic carbocycles. The minimum absolute atomic E-state index is 0.876. The quantitative estimate of drug-likeness (QED) is 0.706. The minimum Gasteiger partial charge on any atom is -0.497 e. The van der Waals surface area contributed by atoms with Crippen molar-refractivity contribution in [3.63, 3.8) is 0 Å². The second-order valence-corrected chi connectivity index (χ2v) is 5.10. The van der Waals surface area contributed by atoms with Crippen LogP contribution in [0.25, 0.3) is 21.8 Å². The van der Waals surface area contributed by atoms with Crippen LogP contribution in [0.4, 0.5) is 0 Å². The Morgan fingerprint density at radius 1 is 1.12 bits per heavy atom. The Morgan fingerprint density at radius 3 is 2.71 bits per heavy atom. The van der Waals surface area contributed by atoms with Crippen LogP contribution in [0.15, 0.2) is 34.8 Å². The third-order valence-electron chi connectivity index (χ3n) is 3.07. The molecule has 0 atom stereocenters. The van der Waals surface area contributed by atoms with E-state index in [2.05, 4.69) is 46.0 Å². The zero-order valence-corrected chi connectivity index (χ0v) is 11.3. The predicted molar refractivity (Wildman–Crippen MR) is 74.8 cm³/mol. The summed E-state index contributed by atoms with van der Waals surface area (Å²) in [7, 11) is 1.69. The molecule has 0 aliphatic heterocycles. The third-order valence-corrected chi connectivity index (χ3v) is 3.52. The normalized spacial score (nSPS) is 11.2. The van der Waals surface area contributed by atoms with Crippen molar-refractivity contribution >= 4 is 37.7 Å². The maximum atomic E-state index is 5.24. The molecule has 1 aromatic heterocycles. The van der Waals surface area contributed by atoms with Gasteiger partial charge in [-0.15, -0.1) is 0 Å². The molecule has 0 unspecified atom stereocenters. The van der Waals surface area contributed by atoms with E-state index in [0.717, 1.165) is 21.3 Å². The molecule has 3 aromatic rings. The van der Waals surface area contributed by atoms with Crippen LogP contribution in [0, 0.1) is 6.92 Å². The van der Waals surface area contributed by atoms with Crippen LogP contribution in [-0.4, -0.2) is 12.1 Å². The number of benzene rings is 2. The van der Waals surface area contributed by atoms with Gasteiger partial charge in [0.05, 0.1) is 12.6 Å². The SMILES string of the molecule is COc1ccc2c(c1)[nH]c1cc(Br)cc(C)c12. The molecule has 86 valence electrons. The number of H-pyrrole nitrogens is 1. The van der Waals surface area contributed by atoms with Crippen molar-refractivity contribution < 1.29 is 4.74 Å². The highest BCUT2D eigenvalue weighted by atomic mass is 79.9. The third kappa shape index (κ3) is 1.62. The first kappa shape index (κ1) is 10.7. The van der Waals surface area contributed by atoms with Gasteiger partial charge in [0.15, 0.2) is 0 Å². The lowest BCUT2D eigenvalue weighted by molar-refractivity contribution is 0.415. The van der Waals surface area contributed by atoms with Crippen LogP contribution in [0.2, 0.25) is 0 Å². The maximum absolute atomic E-state index is 5.24. The van der Waals surface area contributed by atoms with Gasteiger partial charge < -0.3 is 9.72 Å². The fourth-order valence-electron chi connectivity index (χ4n) is 2.32. The van der Waals surface area contributed by atoms with Gasteiger partial charge in [-0.05, 0) is 36.8 Å². The van der Waals surface area contributed by atoms with Gasteiger partial charge in [-0.2, -0.15) is 0 Å². The second kappa shape index (κ2) is 3.77. The van der Waals surface area contributed by atoms with Crippen molar-refractivity contribution in [2.24, 2.45) is 0 Å². The van der Waals surface area contributed by atoms with E-state index in [1.807, 2.05) is 12.1 Å². The first-order valence-electron chi connectivity index (χ1n) is 5.44. The number of nitrogens with one attached hydrogen (secondary N) is 1. The van der Waals surface area contributed by atoms with E-state index in [1.54, 1.807) is 7.11 Å². The molecule has 17 heavy (non-hydrogen) atoms. The molecule has 0 bridgehead atoms. The number of rotatable bonds is 1. The van der Waals surface area contributed by atoms with Crippen molar-refractivity contribution in [1.82, 2.24) is 4.98 Å². The summed E-state index contributed by atoms with van der Waals surface area (Å²) in [5.41, 5.74) is 3.53. The first-order chi connectivity index (χ1) is 8.19. The largest absolute Gasteiger partial charge is 0.497 e. The molecule has 0 radical (unpaired) electrons. The molecule has 1 heterocycles. The lowest BCUT2D eigenvalue weighted by Crippen LogP contribution is -1.81. The van der Waals surface area contributed by atoms with E-state index in [9.17, 15) is 0 Å². The van der Waals surface area contributed by atoms with Gasteiger partial charge in [-0.3, -0.25) is 0 Å². The number of hydrogen-bond acceptors (Lipinski definition) is 1. The van der Waals surface area contributed by atoms with Crippen LogP contribution in [0.3, 0.4) is 0 Å². The van der Waals surface area contributed by atoms with Gasteiger partial charge in [-0.25, -0.2) is 0 Å². The van der Waals surface area contributed by atoms with E-state index >= 15 is 0 Å². The van der Waals surface area contributed by atoms with Crippen LogP contribution in [-0.2, 0) is 0 Å². The van der Waals surface area contributed by atoms with Crippen LogP contribution >= 0.6 is 15.9 Å². The molecule has 3 rings (SSSR count). The number of aromatic amines is 1. The zero-order valence-electron chi connectivity index (χ0n) is 9.67. The van der Waals surface area contributed by atoms with Crippen molar-refractivity contribution in [1.29, 1.82) is 0 Å². The van der Waals surface area contributed by atoms with Crippen molar-refractivity contribution in [2.75, 3.05) is 7.11 Å². The molecular formula is C14H12BrNO. The number of aromatic nitrogens is 1. The predicted octanol–water partition coefficient (Wildman–Crippen LogP) is 4.40. The zero-order chi connectivity index (χ0) is 12.0. The Labute approximate surface area is 108 Å². The summed E-state index contributed by atoms with van der Waals surface area (Å²) >= 11 is 3.52. The molecular weight excluding hydrogens is 278 g/mol. The van der Waals surface area contributed by atoms with E-state index in [1.165, 1.54) is 16.3 Å². The average Bonchev–Trinajstić information content (AvgIpc) is 2.65. The lowest BCUT2D eigenvalue weighted by Gasteiger charge is -2.00. The topological polar surface area (TPSA) is 25.0 Å². The summed E-state index contributed by atoms with van der Waals surface area (Å²) in [5.74, 6) is 0.876. The Bertz CT molecular complexity index is 715. The van der Waals surface area contributed by atoms with Crippen molar-refractivity contribution in [3.8, 4) is 5.75 Å². The average molecular weight is 290 g/mol. The number of halogens is 1. The highest BCUT2D eigenvalue weighted by Crippen LogP contribution is 2.32. The van der Waals surface area contributed by atoms with Crippen LogP contribution in [0.5, 0.6) is 5.75 Å². The van der Waals surface area contributed by atoms with Gasteiger partial charge in [0.25, 0.3) is 0 Å². The van der Waals surface area contributed by atoms with E-state index in [0.29, 0.717) is 0 Å². The van der Waals surface area contributed by atoms with Gasteiger partial charge in [0.2, 0.25) is 0 Å². The number of aryl methyl sites for hydroxylation is 1. The monoisotopic (exact) mass is 289 g/mol. The molecule has 0 saturated heterocycles. The van der Waals surface area contributed by atoms with Crippen molar-refractivity contribution in [2.45, 2.75) is 6.92 Å². The Kier molecular flexibility index (Phi) is 2.37. The Balaban J connectivity index is 2.45. The van der Waals surface area contributed by atoms with Gasteiger partial charge in [-0.1, -0.05) is 15.9 Å². The molecule has 3 heteroatoms. The lowest BCUT2D eigenvalue weighted by atomic mass is 10.1. The van der Waals surface area contributed by atoms with E-state index in [-0.39, 0.29) is 0 Å². The summed E-state index contributed by atoms with van der Waals surface area (Å²) < 4.78 is 6.34. The molecule has 0 saturated carbocycles. The molecule has 1 N–H and O–H groups in total. The van der Waals surface area contributed by atoms with E-state index < -0.39 is 0 Å². The Hall–Kier alpha value is -1.48. The summed E-state index contributed by atoms with van der Waals surface area (Å²) in [5, 5.41) is 2.52. The number of ether oxygens (including phenoxy) is 1. The standard InChI is InChI=1S/C14H12BrNO/c1-8-5-9(15)6-13-14(8)11-4-3-10(17-2)7-12(11)16-13/h3-7,16H,1-2H3. The summed E-state index contributed by atoms with van der Waals surface area (Å²) in [6, 6.07) is 10.4. The summed E-state index contributed by atoms with van der Waals surface area (Å²) in [6.45, 7) is 2.13. The highest BCUT2D eigenvalue weighted by molar-refractivity contribution is 9.10. The molecule has 2 nitrogen and oxygen atoms in total. The molecule has 0 spiro atoms. The second-order valence-electron chi connectivity index (χ2n) is 4.18. The number of fused-ring (bicyclic) bond motifs is 3. The highest BCUT2D eigenvalue weighted by Gasteiger charge is 2.08. The molecule has 0 fully saturated rings. The van der Waals surface area contributed by atoms with Crippen molar-refractivity contribution in [3.05, 3.63) is 40.4 Å².